The zero-order valence-electron chi connectivity index (χ0n) is 6.08. The number of aliphatic hydroxyl groups excluding tert-OH is 1. The van der Waals surface area contributed by atoms with Gasteiger partial charge in [-0.05, 0) is 6.42 Å². The Balaban J connectivity index is 1.76. The number of ether oxygens (including phenoxy) is 2. The maximum absolute atomic E-state index is 8.40. The van der Waals surface area contributed by atoms with E-state index in [1.807, 2.05) is 0 Å². The van der Waals surface area contributed by atoms with Crippen molar-refractivity contribution in [1.82, 2.24) is 0 Å². The van der Waals surface area contributed by atoms with Crippen LogP contribution in [0.3, 0.4) is 0 Å². The minimum atomic E-state index is 0.223. The fourth-order valence-corrected chi connectivity index (χ4v) is 0.797. The average Bonchev–Trinajstić information content (AvgIpc) is 1.84. The second-order valence-corrected chi connectivity index (χ2v) is 2.56. The van der Waals surface area contributed by atoms with E-state index < -0.39 is 0 Å². The van der Waals surface area contributed by atoms with Gasteiger partial charge >= 0.3 is 0 Å². The van der Waals surface area contributed by atoms with E-state index >= 15 is 0 Å². The minimum Gasteiger partial charge on any atom is -0.396 e. The number of aliphatic hydroxyl groups is 1. The van der Waals surface area contributed by atoms with Gasteiger partial charge in [0.2, 0.25) is 0 Å². The van der Waals surface area contributed by atoms with Crippen molar-refractivity contribution >= 4 is 0 Å². The van der Waals surface area contributed by atoms with Crippen LogP contribution in [0.25, 0.3) is 0 Å². The van der Waals surface area contributed by atoms with Crippen LogP contribution in [-0.2, 0) is 9.47 Å². The molecular weight excluding hydrogens is 132 g/mol. The number of hydrogen-bond acceptors (Lipinski definition) is 3. The van der Waals surface area contributed by atoms with E-state index in [0.717, 1.165) is 26.2 Å². The molecular formula is C7H14O3. The molecule has 1 heterocycles. The van der Waals surface area contributed by atoms with Crippen molar-refractivity contribution < 1.29 is 14.6 Å². The molecule has 0 spiro atoms. The zero-order valence-corrected chi connectivity index (χ0v) is 6.08. The second kappa shape index (κ2) is 4.66. The topological polar surface area (TPSA) is 38.7 Å². The third-order valence-corrected chi connectivity index (χ3v) is 1.51. The predicted octanol–water partition coefficient (Wildman–Crippen LogP) is 0.0318. The van der Waals surface area contributed by atoms with Gasteiger partial charge in [-0.2, -0.15) is 0 Å². The highest BCUT2D eigenvalue weighted by Crippen LogP contribution is 2.09. The fourth-order valence-electron chi connectivity index (χ4n) is 0.797. The third kappa shape index (κ3) is 2.64. The molecule has 0 aromatic carbocycles. The summed E-state index contributed by atoms with van der Waals surface area (Å²) in [5.41, 5.74) is 0. The molecule has 1 aliphatic heterocycles. The summed E-state index contributed by atoms with van der Waals surface area (Å²) in [6.07, 6.45) is 0.744. The van der Waals surface area contributed by atoms with Crippen molar-refractivity contribution in [3.8, 4) is 0 Å². The van der Waals surface area contributed by atoms with E-state index in [1.165, 1.54) is 0 Å². The first-order valence-electron chi connectivity index (χ1n) is 3.70. The van der Waals surface area contributed by atoms with Gasteiger partial charge in [0.25, 0.3) is 0 Å². The molecule has 0 aliphatic carbocycles. The highest BCUT2D eigenvalue weighted by molar-refractivity contribution is 4.63. The third-order valence-electron chi connectivity index (χ3n) is 1.51. The van der Waals surface area contributed by atoms with Gasteiger partial charge in [-0.3, -0.25) is 0 Å². The molecule has 0 bridgehead atoms. The smallest absolute Gasteiger partial charge is 0.0538 e. The van der Waals surface area contributed by atoms with E-state index in [4.69, 9.17) is 14.6 Å². The van der Waals surface area contributed by atoms with Crippen molar-refractivity contribution in [3.63, 3.8) is 0 Å². The lowest BCUT2D eigenvalue weighted by molar-refractivity contribution is -0.0724. The summed E-state index contributed by atoms with van der Waals surface area (Å²) in [6, 6.07) is 0. The lowest BCUT2D eigenvalue weighted by Crippen LogP contribution is -2.31. The Morgan fingerprint density at radius 3 is 2.80 bits per heavy atom. The summed E-state index contributed by atoms with van der Waals surface area (Å²) >= 11 is 0. The molecule has 0 aromatic heterocycles. The fraction of sp³-hybridized carbons (Fsp3) is 1.00. The maximum Gasteiger partial charge on any atom is 0.0538 e. The molecule has 0 amide bonds. The summed E-state index contributed by atoms with van der Waals surface area (Å²) in [7, 11) is 0. The summed E-state index contributed by atoms with van der Waals surface area (Å²) in [5.74, 6) is 0.610. The van der Waals surface area contributed by atoms with Crippen LogP contribution in [0.1, 0.15) is 6.42 Å². The zero-order chi connectivity index (χ0) is 7.23. The van der Waals surface area contributed by atoms with Crippen LogP contribution >= 0.6 is 0 Å². The van der Waals surface area contributed by atoms with Gasteiger partial charge in [-0.15, -0.1) is 0 Å². The maximum atomic E-state index is 8.40. The van der Waals surface area contributed by atoms with E-state index in [1.54, 1.807) is 0 Å². The Kier molecular flexibility index (Phi) is 3.72. The SMILES string of the molecule is OCCCOCC1COC1. The van der Waals surface area contributed by atoms with E-state index in [2.05, 4.69) is 0 Å². The summed E-state index contributed by atoms with van der Waals surface area (Å²) < 4.78 is 10.2. The summed E-state index contributed by atoms with van der Waals surface area (Å²) in [4.78, 5) is 0. The number of rotatable bonds is 5. The van der Waals surface area contributed by atoms with Gasteiger partial charge in [-0.1, -0.05) is 0 Å². The van der Waals surface area contributed by atoms with Crippen molar-refractivity contribution in [1.29, 1.82) is 0 Å². The summed E-state index contributed by atoms with van der Waals surface area (Å²) in [5, 5.41) is 8.40. The van der Waals surface area contributed by atoms with Crippen LogP contribution in [0, 0.1) is 5.92 Å². The Labute approximate surface area is 60.9 Å². The van der Waals surface area contributed by atoms with Crippen molar-refractivity contribution in [2.75, 3.05) is 33.0 Å². The Morgan fingerprint density at radius 2 is 2.30 bits per heavy atom. The van der Waals surface area contributed by atoms with Gasteiger partial charge in [0, 0.05) is 19.1 Å². The van der Waals surface area contributed by atoms with Crippen LogP contribution in [-0.4, -0.2) is 38.1 Å². The Bertz CT molecular complexity index is 80.9. The first kappa shape index (κ1) is 7.98. The molecule has 0 atom stereocenters. The summed E-state index contributed by atoms with van der Waals surface area (Å²) in [6.45, 7) is 3.38. The molecule has 1 aliphatic rings. The highest BCUT2D eigenvalue weighted by atomic mass is 16.5. The number of hydrogen-bond donors (Lipinski definition) is 1. The van der Waals surface area contributed by atoms with Gasteiger partial charge < -0.3 is 14.6 Å². The molecule has 3 nitrogen and oxygen atoms in total. The van der Waals surface area contributed by atoms with Crippen LogP contribution in [0.5, 0.6) is 0 Å². The van der Waals surface area contributed by atoms with Gasteiger partial charge in [0.15, 0.2) is 0 Å². The standard InChI is InChI=1S/C7H14O3/c8-2-1-3-9-4-7-5-10-6-7/h7-8H,1-6H2. The van der Waals surface area contributed by atoms with E-state index in [9.17, 15) is 0 Å². The molecule has 1 saturated heterocycles. The molecule has 0 unspecified atom stereocenters. The monoisotopic (exact) mass is 146 g/mol. The lowest BCUT2D eigenvalue weighted by atomic mass is 10.1. The second-order valence-electron chi connectivity index (χ2n) is 2.56. The van der Waals surface area contributed by atoms with Crippen LogP contribution in [0.15, 0.2) is 0 Å². The molecule has 1 N–H and O–H groups in total. The molecule has 3 heteroatoms. The first-order chi connectivity index (χ1) is 4.93. The Hall–Kier alpha value is -0.120. The molecule has 0 saturated carbocycles. The van der Waals surface area contributed by atoms with Gasteiger partial charge in [0.05, 0.1) is 19.8 Å². The first-order valence-corrected chi connectivity index (χ1v) is 3.70. The van der Waals surface area contributed by atoms with E-state index in [0.29, 0.717) is 12.5 Å². The predicted molar refractivity (Wildman–Crippen MR) is 36.8 cm³/mol. The van der Waals surface area contributed by atoms with Crippen molar-refractivity contribution in [2.45, 2.75) is 6.42 Å². The molecule has 1 fully saturated rings. The van der Waals surface area contributed by atoms with Crippen LogP contribution in [0.2, 0.25) is 0 Å². The van der Waals surface area contributed by atoms with Crippen molar-refractivity contribution in [2.24, 2.45) is 5.92 Å². The molecule has 1 rings (SSSR count). The van der Waals surface area contributed by atoms with Crippen LogP contribution < -0.4 is 0 Å². The highest BCUT2D eigenvalue weighted by Gasteiger charge is 2.17. The minimum absolute atomic E-state index is 0.223. The van der Waals surface area contributed by atoms with Crippen molar-refractivity contribution in [3.05, 3.63) is 0 Å². The molecule has 60 valence electrons. The van der Waals surface area contributed by atoms with E-state index in [-0.39, 0.29) is 6.61 Å². The normalized spacial score (nSPS) is 18.9. The van der Waals surface area contributed by atoms with Gasteiger partial charge in [-0.25, -0.2) is 0 Å². The molecule has 0 aromatic rings. The van der Waals surface area contributed by atoms with Gasteiger partial charge in [0.1, 0.15) is 0 Å². The quantitative estimate of drug-likeness (QED) is 0.556. The molecule has 0 radical (unpaired) electrons. The lowest BCUT2D eigenvalue weighted by Gasteiger charge is -2.25. The van der Waals surface area contributed by atoms with Crippen LogP contribution in [0.4, 0.5) is 0 Å². The average molecular weight is 146 g/mol. The Morgan fingerprint density at radius 1 is 1.50 bits per heavy atom. The largest absolute Gasteiger partial charge is 0.396 e. The molecule has 10 heavy (non-hydrogen) atoms.